The van der Waals surface area contributed by atoms with Gasteiger partial charge in [0, 0.05) is 17.8 Å². The smallest absolute Gasteiger partial charge is 0.233 e. The molecule has 0 spiro atoms. The largest absolute Gasteiger partial charge is 0.337 e. The number of piperidine rings is 1. The van der Waals surface area contributed by atoms with Crippen molar-refractivity contribution >= 4 is 17.7 Å². The number of benzene rings is 1. The molecule has 0 radical (unpaired) electrons. The normalized spacial score (nSPS) is 21.4. The number of carbonyl (C=O) groups excluding carboxylic acids is 1. The van der Waals surface area contributed by atoms with E-state index in [9.17, 15) is 4.79 Å². The van der Waals surface area contributed by atoms with E-state index in [2.05, 4.69) is 24.0 Å². The Morgan fingerprint density at radius 3 is 2.61 bits per heavy atom. The molecule has 0 N–H and O–H groups in total. The molecule has 2 heterocycles. The molecule has 122 valence electrons. The second kappa shape index (κ2) is 7.17. The maximum absolute atomic E-state index is 12.6. The fourth-order valence-electron chi connectivity index (χ4n) is 3.20. The summed E-state index contributed by atoms with van der Waals surface area (Å²) >= 11 is 1.45. The molecule has 1 aromatic carbocycles. The number of hydrogen-bond acceptors (Lipinski definition) is 4. The predicted molar refractivity (Wildman–Crippen MR) is 91.7 cm³/mol. The van der Waals surface area contributed by atoms with Gasteiger partial charge in [0.2, 0.25) is 5.91 Å². The Morgan fingerprint density at radius 1 is 1.22 bits per heavy atom. The van der Waals surface area contributed by atoms with Crippen LogP contribution in [-0.2, 0) is 4.79 Å². The topological polar surface area (TPSA) is 51.0 Å². The highest BCUT2D eigenvalue weighted by Gasteiger charge is 2.28. The summed E-state index contributed by atoms with van der Waals surface area (Å²) in [5.41, 5.74) is 1.01. The first kappa shape index (κ1) is 16.1. The molecule has 1 saturated heterocycles. The molecule has 1 aliphatic rings. The highest BCUT2D eigenvalue weighted by molar-refractivity contribution is 7.99. The standard InChI is InChI=1S/C17H22N4OS/c1-13-7-6-8-14(2)21(13)16(22)11-23-17-19-18-12-20(17)15-9-4-3-5-10-15/h3-5,9-10,12-14H,6-8,11H2,1-2H3/t13-,14+. The Balaban J connectivity index is 1.67. The molecule has 0 unspecified atom stereocenters. The van der Waals surface area contributed by atoms with Gasteiger partial charge in [-0.25, -0.2) is 0 Å². The second-order valence-corrected chi connectivity index (χ2v) is 6.98. The lowest BCUT2D eigenvalue weighted by Gasteiger charge is -2.39. The Morgan fingerprint density at radius 2 is 1.91 bits per heavy atom. The van der Waals surface area contributed by atoms with Crippen LogP contribution in [0.4, 0.5) is 0 Å². The summed E-state index contributed by atoms with van der Waals surface area (Å²) in [6.07, 6.45) is 5.10. The first-order chi connectivity index (χ1) is 11.2. The van der Waals surface area contributed by atoms with Crippen molar-refractivity contribution in [1.82, 2.24) is 19.7 Å². The van der Waals surface area contributed by atoms with E-state index in [1.54, 1.807) is 6.33 Å². The second-order valence-electron chi connectivity index (χ2n) is 6.04. The van der Waals surface area contributed by atoms with Crippen LogP contribution in [-0.4, -0.2) is 43.4 Å². The predicted octanol–water partition coefficient (Wildman–Crippen LogP) is 3.15. The maximum Gasteiger partial charge on any atom is 0.233 e. The Hall–Kier alpha value is -1.82. The number of thioether (sulfide) groups is 1. The van der Waals surface area contributed by atoms with Crippen LogP contribution >= 0.6 is 11.8 Å². The van der Waals surface area contributed by atoms with Crippen LogP contribution in [0.25, 0.3) is 5.69 Å². The minimum absolute atomic E-state index is 0.192. The summed E-state index contributed by atoms with van der Waals surface area (Å²) in [6, 6.07) is 10.6. The van der Waals surface area contributed by atoms with E-state index in [0.717, 1.165) is 23.7 Å². The number of rotatable bonds is 4. The molecule has 6 heteroatoms. The number of carbonyl (C=O) groups is 1. The van der Waals surface area contributed by atoms with E-state index in [4.69, 9.17) is 0 Å². The molecule has 3 rings (SSSR count). The average molecular weight is 330 g/mol. The fourth-order valence-corrected chi connectivity index (χ4v) is 4.00. The summed E-state index contributed by atoms with van der Waals surface area (Å²) in [6.45, 7) is 4.29. The van der Waals surface area contributed by atoms with Crippen LogP contribution in [0.1, 0.15) is 33.1 Å². The van der Waals surface area contributed by atoms with Gasteiger partial charge in [-0.15, -0.1) is 10.2 Å². The van der Waals surface area contributed by atoms with E-state index in [1.165, 1.54) is 18.2 Å². The minimum Gasteiger partial charge on any atom is -0.337 e. The number of hydrogen-bond donors (Lipinski definition) is 0. The fraction of sp³-hybridized carbons (Fsp3) is 0.471. The van der Waals surface area contributed by atoms with Crippen molar-refractivity contribution in [3.05, 3.63) is 36.7 Å². The van der Waals surface area contributed by atoms with E-state index >= 15 is 0 Å². The van der Waals surface area contributed by atoms with Crippen molar-refractivity contribution in [2.24, 2.45) is 0 Å². The number of aromatic nitrogens is 3. The van der Waals surface area contributed by atoms with Gasteiger partial charge in [0.15, 0.2) is 5.16 Å². The van der Waals surface area contributed by atoms with Gasteiger partial charge in [-0.2, -0.15) is 0 Å². The maximum atomic E-state index is 12.6. The third kappa shape index (κ3) is 3.58. The third-order valence-corrected chi connectivity index (χ3v) is 5.28. The molecule has 1 aromatic heterocycles. The van der Waals surface area contributed by atoms with E-state index < -0.39 is 0 Å². The molecule has 1 amide bonds. The number of para-hydroxylation sites is 1. The molecule has 1 fully saturated rings. The van der Waals surface area contributed by atoms with E-state index in [1.807, 2.05) is 39.8 Å². The Labute approximate surface area is 141 Å². The SMILES string of the molecule is C[C@@H]1CCC[C@H](C)N1C(=O)CSc1nncn1-c1ccccc1. The molecule has 0 bridgehead atoms. The zero-order valence-corrected chi connectivity index (χ0v) is 14.4. The summed E-state index contributed by atoms with van der Waals surface area (Å²) in [4.78, 5) is 14.7. The lowest BCUT2D eigenvalue weighted by atomic mass is 9.98. The highest BCUT2D eigenvalue weighted by Crippen LogP contribution is 2.25. The van der Waals surface area contributed by atoms with Crippen LogP contribution < -0.4 is 0 Å². The Kier molecular flexibility index (Phi) is 5.00. The first-order valence-electron chi connectivity index (χ1n) is 8.06. The molecular formula is C17H22N4OS. The van der Waals surface area contributed by atoms with Crippen molar-refractivity contribution < 1.29 is 4.79 Å². The highest BCUT2D eigenvalue weighted by atomic mass is 32.2. The number of nitrogens with zero attached hydrogens (tertiary/aromatic N) is 4. The van der Waals surface area contributed by atoms with Crippen molar-refractivity contribution in [3.8, 4) is 5.69 Å². The minimum atomic E-state index is 0.192. The molecule has 1 aliphatic heterocycles. The zero-order valence-electron chi connectivity index (χ0n) is 13.6. The van der Waals surface area contributed by atoms with Crippen LogP contribution in [0.2, 0.25) is 0 Å². The van der Waals surface area contributed by atoms with Crippen LogP contribution in [0.15, 0.2) is 41.8 Å². The molecule has 0 aliphatic carbocycles. The van der Waals surface area contributed by atoms with Crippen molar-refractivity contribution in [2.75, 3.05) is 5.75 Å². The monoisotopic (exact) mass is 330 g/mol. The molecule has 0 saturated carbocycles. The van der Waals surface area contributed by atoms with Gasteiger partial charge in [0.1, 0.15) is 6.33 Å². The summed E-state index contributed by atoms with van der Waals surface area (Å²) in [5.74, 6) is 0.595. The van der Waals surface area contributed by atoms with Crippen LogP contribution in [0.5, 0.6) is 0 Å². The molecule has 23 heavy (non-hydrogen) atoms. The van der Waals surface area contributed by atoms with Crippen molar-refractivity contribution in [2.45, 2.75) is 50.4 Å². The third-order valence-electron chi connectivity index (χ3n) is 4.36. The molecule has 2 atom stereocenters. The molecule has 2 aromatic rings. The number of amides is 1. The van der Waals surface area contributed by atoms with E-state index in [-0.39, 0.29) is 5.91 Å². The van der Waals surface area contributed by atoms with Crippen LogP contribution in [0, 0.1) is 0 Å². The van der Waals surface area contributed by atoms with Gasteiger partial charge in [-0.05, 0) is 45.2 Å². The van der Waals surface area contributed by atoms with Crippen molar-refractivity contribution in [1.29, 1.82) is 0 Å². The summed E-state index contributed by atoms with van der Waals surface area (Å²) in [7, 11) is 0. The Bertz CT molecular complexity index is 648. The van der Waals surface area contributed by atoms with Crippen LogP contribution in [0.3, 0.4) is 0 Å². The average Bonchev–Trinajstić information content (AvgIpc) is 3.02. The number of likely N-dealkylation sites (tertiary alicyclic amines) is 1. The zero-order chi connectivity index (χ0) is 16.2. The lowest BCUT2D eigenvalue weighted by Crippen LogP contribution is -2.48. The molecular weight excluding hydrogens is 308 g/mol. The quantitative estimate of drug-likeness (QED) is 0.808. The summed E-state index contributed by atoms with van der Waals surface area (Å²) in [5, 5.41) is 8.89. The molecule has 5 nitrogen and oxygen atoms in total. The van der Waals surface area contributed by atoms with Gasteiger partial charge in [-0.3, -0.25) is 9.36 Å². The van der Waals surface area contributed by atoms with E-state index in [0.29, 0.717) is 17.8 Å². The van der Waals surface area contributed by atoms with Gasteiger partial charge in [0.05, 0.1) is 5.75 Å². The summed E-state index contributed by atoms with van der Waals surface area (Å²) < 4.78 is 1.92. The van der Waals surface area contributed by atoms with Crippen molar-refractivity contribution in [3.63, 3.8) is 0 Å². The van der Waals surface area contributed by atoms with Gasteiger partial charge >= 0.3 is 0 Å². The lowest BCUT2D eigenvalue weighted by molar-refractivity contribution is -0.134. The van der Waals surface area contributed by atoms with Gasteiger partial charge < -0.3 is 4.90 Å². The first-order valence-corrected chi connectivity index (χ1v) is 9.05. The van der Waals surface area contributed by atoms with Gasteiger partial charge in [-0.1, -0.05) is 30.0 Å². The van der Waals surface area contributed by atoms with Gasteiger partial charge in [0.25, 0.3) is 0 Å².